The number of aromatic nitrogens is 3. The van der Waals surface area contributed by atoms with E-state index in [0.717, 1.165) is 30.6 Å². The third-order valence-electron chi connectivity index (χ3n) is 4.09. The average molecular weight is 310 g/mol. The lowest BCUT2D eigenvalue weighted by molar-refractivity contribution is 0.0505. The number of carbonyl (C=O) groups is 1. The van der Waals surface area contributed by atoms with Gasteiger partial charge < -0.3 is 4.74 Å². The maximum absolute atomic E-state index is 11.8. The van der Waals surface area contributed by atoms with Crippen LogP contribution in [0, 0.1) is 11.3 Å². The summed E-state index contributed by atoms with van der Waals surface area (Å²) in [6, 6.07) is 9.16. The summed E-state index contributed by atoms with van der Waals surface area (Å²) in [5.74, 6) is 0.0165. The van der Waals surface area contributed by atoms with Crippen LogP contribution in [-0.2, 0) is 4.74 Å². The Morgan fingerprint density at radius 3 is 2.70 bits per heavy atom. The Hall–Kier alpha value is -2.68. The summed E-state index contributed by atoms with van der Waals surface area (Å²) < 4.78 is 6.83. The van der Waals surface area contributed by atoms with Crippen molar-refractivity contribution < 1.29 is 9.53 Å². The lowest BCUT2D eigenvalue weighted by atomic mass is 9.82. The number of ether oxygens (including phenoxy) is 1. The van der Waals surface area contributed by atoms with Gasteiger partial charge >= 0.3 is 5.97 Å². The lowest BCUT2D eigenvalue weighted by Crippen LogP contribution is -2.15. The van der Waals surface area contributed by atoms with Crippen LogP contribution in [0.25, 0.3) is 5.69 Å². The zero-order chi connectivity index (χ0) is 16.2. The molecule has 0 atom stereocenters. The third-order valence-corrected chi connectivity index (χ3v) is 4.09. The monoisotopic (exact) mass is 310 g/mol. The van der Waals surface area contributed by atoms with E-state index in [2.05, 4.69) is 16.4 Å². The number of hydrogen-bond acceptors (Lipinski definition) is 5. The normalized spacial score (nSPS) is 14.1. The molecule has 0 amide bonds. The zero-order valence-corrected chi connectivity index (χ0v) is 13.0. The topological polar surface area (TPSA) is 80.8 Å². The molecule has 6 heteroatoms. The van der Waals surface area contributed by atoms with Crippen molar-refractivity contribution in [1.29, 1.82) is 5.26 Å². The van der Waals surface area contributed by atoms with Gasteiger partial charge in [-0.25, -0.2) is 9.48 Å². The highest BCUT2D eigenvalue weighted by Gasteiger charge is 2.28. The van der Waals surface area contributed by atoms with Crippen LogP contribution in [-0.4, -0.2) is 27.6 Å². The van der Waals surface area contributed by atoms with Crippen molar-refractivity contribution in [2.75, 3.05) is 6.61 Å². The molecule has 0 unspecified atom stereocenters. The smallest absolute Gasteiger partial charge is 0.338 e. The minimum absolute atomic E-state index is 0.325. The van der Waals surface area contributed by atoms with Gasteiger partial charge in [-0.2, -0.15) is 5.26 Å². The molecule has 0 bridgehead atoms. The molecule has 0 N–H and O–H groups in total. The van der Waals surface area contributed by atoms with Crippen molar-refractivity contribution in [3.8, 4) is 11.8 Å². The fourth-order valence-electron chi connectivity index (χ4n) is 2.62. The molecule has 23 heavy (non-hydrogen) atoms. The van der Waals surface area contributed by atoms with Gasteiger partial charge in [-0.15, -0.1) is 5.10 Å². The number of carbonyl (C=O) groups excluding carboxylic acids is 1. The molecule has 0 aliphatic heterocycles. The first-order chi connectivity index (χ1) is 11.2. The summed E-state index contributed by atoms with van der Waals surface area (Å²) in [6.45, 7) is 2.37. The molecule has 1 aromatic carbocycles. The molecule has 0 saturated heterocycles. The fraction of sp³-hybridized carbons (Fsp3) is 0.412. The van der Waals surface area contributed by atoms with Crippen LogP contribution in [0.4, 0.5) is 0 Å². The summed E-state index contributed by atoms with van der Waals surface area (Å²) in [5.41, 5.74) is 2.57. The molecule has 1 aromatic heterocycles. The van der Waals surface area contributed by atoms with Crippen LogP contribution in [0.3, 0.4) is 0 Å². The van der Waals surface area contributed by atoms with E-state index >= 15 is 0 Å². The number of benzene rings is 1. The first-order valence-corrected chi connectivity index (χ1v) is 7.87. The second-order valence-corrected chi connectivity index (χ2v) is 5.66. The first-order valence-electron chi connectivity index (χ1n) is 7.87. The van der Waals surface area contributed by atoms with Gasteiger partial charge in [0, 0.05) is 5.92 Å². The van der Waals surface area contributed by atoms with Gasteiger partial charge in [0.25, 0.3) is 0 Å². The van der Waals surface area contributed by atoms with Gasteiger partial charge in [0.2, 0.25) is 0 Å². The van der Waals surface area contributed by atoms with E-state index in [1.165, 1.54) is 6.42 Å². The molecule has 3 rings (SSSR count). The van der Waals surface area contributed by atoms with Crippen molar-refractivity contribution in [2.24, 2.45) is 0 Å². The molecular formula is C17H18N4O2. The van der Waals surface area contributed by atoms with Gasteiger partial charge in [0.1, 0.15) is 6.07 Å². The number of nitrogens with zero attached hydrogens (tertiary/aromatic N) is 4. The number of rotatable bonds is 5. The third kappa shape index (κ3) is 2.95. The van der Waals surface area contributed by atoms with Crippen LogP contribution in [0.5, 0.6) is 0 Å². The van der Waals surface area contributed by atoms with Crippen molar-refractivity contribution >= 4 is 5.97 Å². The molecule has 1 aliphatic carbocycles. The van der Waals surface area contributed by atoms with Crippen molar-refractivity contribution in [3.05, 3.63) is 41.2 Å². The highest BCUT2D eigenvalue weighted by Crippen LogP contribution is 2.38. The molecule has 0 radical (unpaired) electrons. The Morgan fingerprint density at radius 2 is 2.13 bits per heavy atom. The Bertz CT molecular complexity index is 739. The van der Waals surface area contributed by atoms with E-state index in [1.807, 2.05) is 6.92 Å². The molecule has 118 valence electrons. The Labute approximate surface area is 134 Å². The maximum atomic E-state index is 11.8. The SMILES string of the molecule is CCCOC(=O)c1ccc(-n2nnc(C#N)c2C2CCC2)cc1. The van der Waals surface area contributed by atoms with E-state index in [1.54, 1.807) is 28.9 Å². The average Bonchev–Trinajstić information content (AvgIpc) is 2.94. The van der Waals surface area contributed by atoms with E-state index in [-0.39, 0.29) is 5.97 Å². The molecule has 1 heterocycles. The first kappa shape index (κ1) is 15.2. The van der Waals surface area contributed by atoms with Crippen molar-refractivity contribution in [3.63, 3.8) is 0 Å². The molecule has 1 saturated carbocycles. The van der Waals surface area contributed by atoms with Gasteiger partial charge in [0.15, 0.2) is 5.69 Å². The van der Waals surface area contributed by atoms with Crippen LogP contribution < -0.4 is 0 Å². The van der Waals surface area contributed by atoms with Crippen LogP contribution >= 0.6 is 0 Å². The quantitative estimate of drug-likeness (QED) is 0.793. The van der Waals surface area contributed by atoms with E-state index in [4.69, 9.17) is 4.74 Å². The zero-order valence-electron chi connectivity index (χ0n) is 13.0. The fourth-order valence-corrected chi connectivity index (χ4v) is 2.62. The summed E-state index contributed by atoms with van der Waals surface area (Å²) in [5, 5.41) is 17.3. The second-order valence-electron chi connectivity index (χ2n) is 5.66. The number of nitriles is 1. The summed E-state index contributed by atoms with van der Waals surface area (Å²) >= 11 is 0. The predicted octanol–water partition coefficient (Wildman–Crippen LogP) is 2.97. The molecule has 1 aliphatic rings. The van der Waals surface area contributed by atoms with Crippen molar-refractivity contribution in [1.82, 2.24) is 15.0 Å². The van der Waals surface area contributed by atoms with Crippen LogP contribution in [0.2, 0.25) is 0 Å². The minimum Gasteiger partial charge on any atom is -0.462 e. The predicted molar refractivity (Wildman–Crippen MR) is 83.2 cm³/mol. The largest absolute Gasteiger partial charge is 0.462 e. The molecule has 1 fully saturated rings. The Balaban J connectivity index is 1.87. The second kappa shape index (κ2) is 6.61. The van der Waals surface area contributed by atoms with Gasteiger partial charge in [0.05, 0.1) is 23.6 Å². The van der Waals surface area contributed by atoms with E-state index < -0.39 is 0 Å². The molecule has 2 aromatic rings. The number of hydrogen-bond donors (Lipinski definition) is 0. The summed E-state index contributed by atoms with van der Waals surface area (Å²) in [7, 11) is 0. The van der Waals surface area contributed by atoms with Crippen LogP contribution in [0.15, 0.2) is 24.3 Å². The highest BCUT2D eigenvalue weighted by atomic mass is 16.5. The highest BCUT2D eigenvalue weighted by molar-refractivity contribution is 5.89. The van der Waals surface area contributed by atoms with Gasteiger partial charge in [-0.3, -0.25) is 0 Å². The summed E-state index contributed by atoms with van der Waals surface area (Å²) in [6.07, 6.45) is 4.08. The Morgan fingerprint density at radius 1 is 1.39 bits per heavy atom. The van der Waals surface area contributed by atoms with Crippen molar-refractivity contribution in [2.45, 2.75) is 38.5 Å². The van der Waals surface area contributed by atoms with E-state index in [0.29, 0.717) is 23.8 Å². The lowest BCUT2D eigenvalue weighted by Gasteiger charge is -2.25. The van der Waals surface area contributed by atoms with Crippen LogP contribution in [0.1, 0.15) is 60.3 Å². The number of esters is 1. The maximum Gasteiger partial charge on any atom is 0.338 e. The Kier molecular flexibility index (Phi) is 4.38. The van der Waals surface area contributed by atoms with E-state index in [9.17, 15) is 10.1 Å². The van der Waals surface area contributed by atoms with Gasteiger partial charge in [-0.05, 0) is 43.5 Å². The molecular weight excluding hydrogens is 292 g/mol. The molecule has 6 nitrogen and oxygen atoms in total. The summed E-state index contributed by atoms with van der Waals surface area (Å²) in [4.78, 5) is 11.8. The standard InChI is InChI=1S/C17H18N4O2/c1-2-10-23-17(22)13-6-8-14(9-7-13)21-16(12-4-3-5-12)15(11-18)19-20-21/h6-9,12H,2-5,10H2,1H3. The minimum atomic E-state index is -0.325. The van der Waals surface area contributed by atoms with Gasteiger partial charge in [-0.1, -0.05) is 18.6 Å². The molecule has 0 spiro atoms.